The van der Waals surface area contributed by atoms with Gasteiger partial charge in [-0.3, -0.25) is 5.41 Å². The molecule has 14 heavy (non-hydrogen) atoms. The Morgan fingerprint density at radius 2 is 2.14 bits per heavy atom. The van der Waals surface area contributed by atoms with E-state index in [9.17, 15) is 8.78 Å². The van der Waals surface area contributed by atoms with E-state index >= 15 is 0 Å². The molecule has 0 unspecified atom stereocenters. The normalized spacial score (nSPS) is 10.2. The van der Waals surface area contributed by atoms with Gasteiger partial charge in [0.1, 0.15) is 11.6 Å². The van der Waals surface area contributed by atoms with E-state index in [0.29, 0.717) is 0 Å². The number of hydrogen-bond donors (Lipinski definition) is 2. The first-order valence-corrected chi connectivity index (χ1v) is 5.39. The number of benzene rings is 1. The molecule has 0 bridgehead atoms. The summed E-state index contributed by atoms with van der Waals surface area (Å²) < 4.78 is 26.6. The van der Waals surface area contributed by atoms with Gasteiger partial charge in [-0.25, -0.2) is 8.78 Å². The summed E-state index contributed by atoms with van der Waals surface area (Å²) in [5.41, 5.74) is 5.00. The Morgan fingerprint density at radius 3 is 2.71 bits per heavy atom. The van der Waals surface area contributed by atoms with Gasteiger partial charge in [-0.1, -0.05) is 11.8 Å². The van der Waals surface area contributed by atoms with Gasteiger partial charge in [0.2, 0.25) is 0 Å². The van der Waals surface area contributed by atoms with Crippen LogP contribution in [-0.2, 0) is 5.75 Å². The van der Waals surface area contributed by atoms with Crippen LogP contribution in [-0.4, -0.2) is 5.17 Å². The van der Waals surface area contributed by atoms with E-state index in [1.807, 2.05) is 0 Å². The maximum Gasteiger partial charge on any atom is 0.151 e. The van der Waals surface area contributed by atoms with E-state index in [0.717, 1.165) is 11.8 Å². The number of rotatable bonds is 2. The minimum absolute atomic E-state index is 0.0203. The predicted octanol–water partition coefficient (Wildman–Crippen LogP) is 2.85. The van der Waals surface area contributed by atoms with Crippen LogP contribution in [0.25, 0.3) is 0 Å². The fourth-order valence-electron chi connectivity index (χ4n) is 0.851. The molecule has 0 saturated carbocycles. The van der Waals surface area contributed by atoms with Gasteiger partial charge in [0.25, 0.3) is 0 Å². The molecule has 0 aliphatic heterocycles. The molecule has 1 rings (SSSR count). The van der Waals surface area contributed by atoms with Crippen molar-refractivity contribution in [3.8, 4) is 0 Å². The molecule has 0 aliphatic rings. The lowest BCUT2D eigenvalue weighted by molar-refractivity contribution is 0.562. The molecule has 0 saturated heterocycles. The smallest absolute Gasteiger partial charge is 0.151 e. The molecule has 76 valence electrons. The molecule has 0 aliphatic carbocycles. The zero-order chi connectivity index (χ0) is 10.7. The first-order valence-electron chi connectivity index (χ1n) is 3.61. The lowest BCUT2D eigenvalue weighted by Crippen LogP contribution is -2.05. The highest BCUT2D eigenvalue weighted by molar-refractivity contribution is 9.10. The highest BCUT2D eigenvalue weighted by atomic mass is 79.9. The van der Waals surface area contributed by atoms with Crippen molar-refractivity contribution in [3.05, 3.63) is 33.8 Å². The summed E-state index contributed by atoms with van der Waals surface area (Å²) in [4.78, 5) is 0. The van der Waals surface area contributed by atoms with E-state index in [1.165, 1.54) is 12.1 Å². The summed E-state index contributed by atoms with van der Waals surface area (Å²) in [5.74, 6) is -1.25. The van der Waals surface area contributed by atoms with Gasteiger partial charge in [-0.05, 0) is 28.1 Å². The Labute approximate surface area is 92.5 Å². The maximum atomic E-state index is 13.3. The Morgan fingerprint density at radius 1 is 1.50 bits per heavy atom. The van der Waals surface area contributed by atoms with Crippen molar-refractivity contribution in [1.82, 2.24) is 0 Å². The standard InChI is InChI=1S/C8H7BrF2N2S/c9-5-1-2-6(10)4(7(5)11)3-14-8(12)13/h1-2H,3H2,(H3,12,13). The van der Waals surface area contributed by atoms with Crippen molar-refractivity contribution < 1.29 is 8.78 Å². The first-order chi connectivity index (χ1) is 6.52. The minimum Gasteiger partial charge on any atom is -0.379 e. The average Bonchev–Trinajstić information content (AvgIpc) is 2.11. The second-order valence-electron chi connectivity index (χ2n) is 2.47. The molecular formula is C8H7BrF2N2S. The third kappa shape index (κ3) is 2.68. The number of amidine groups is 1. The SMILES string of the molecule is N=C(N)SCc1c(F)ccc(Br)c1F. The molecule has 2 nitrogen and oxygen atoms in total. The monoisotopic (exact) mass is 280 g/mol. The van der Waals surface area contributed by atoms with E-state index in [2.05, 4.69) is 15.9 Å². The molecule has 0 heterocycles. The second kappa shape index (κ2) is 4.75. The third-order valence-corrected chi connectivity index (χ3v) is 2.87. The lowest BCUT2D eigenvalue weighted by atomic mass is 10.2. The van der Waals surface area contributed by atoms with Crippen LogP contribution in [0.5, 0.6) is 0 Å². The van der Waals surface area contributed by atoms with Crippen molar-refractivity contribution in [2.24, 2.45) is 5.73 Å². The Hall–Kier alpha value is -0.620. The Balaban J connectivity index is 2.95. The maximum absolute atomic E-state index is 13.3. The largest absolute Gasteiger partial charge is 0.379 e. The van der Waals surface area contributed by atoms with Crippen LogP contribution in [0.3, 0.4) is 0 Å². The van der Waals surface area contributed by atoms with E-state index in [4.69, 9.17) is 11.1 Å². The summed E-state index contributed by atoms with van der Waals surface area (Å²) in [5, 5.41) is 6.76. The van der Waals surface area contributed by atoms with Crippen LogP contribution in [0.2, 0.25) is 0 Å². The summed E-state index contributed by atoms with van der Waals surface area (Å²) in [7, 11) is 0. The van der Waals surface area contributed by atoms with Crippen LogP contribution >= 0.6 is 27.7 Å². The summed E-state index contributed by atoms with van der Waals surface area (Å²) in [6.07, 6.45) is 0. The molecular weight excluding hydrogens is 274 g/mol. The topological polar surface area (TPSA) is 49.9 Å². The molecule has 0 spiro atoms. The Kier molecular flexibility index (Phi) is 3.88. The minimum atomic E-state index is -0.640. The van der Waals surface area contributed by atoms with Gasteiger partial charge >= 0.3 is 0 Å². The number of nitrogens with one attached hydrogen (secondary N) is 1. The molecule has 1 aromatic carbocycles. The highest BCUT2D eigenvalue weighted by Crippen LogP contribution is 2.24. The zero-order valence-corrected chi connectivity index (χ0v) is 9.38. The third-order valence-electron chi connectivity index (χ3n) is 1.51. The highest BCUT2D eigenvalue weighted by Gasteiger charge is 2.12. The second-order valence-corrected chi connectivity index (χ2v) is 4.35. The molecule has 0 fully saturated rings. The summed E-state index contributed by atoms with van der Waals surface area (Å²) in [6, 6.07) is 2.47. The van der Waals surface area contributed by atoms with Gasteiger partial charge in [0, 0.05) is 11.3 Å². The van der Waals surface area contributed by atoms with Crippen molar-refractivity contribution in [3.63, 3.8) is 0 Å². The number of halogens is 3. The summed E-state index contributed by atoms with van der Waals surface area (Å²) in [6.45, 7) is 0. The van der Waals surface area contributed by atoms with Crippen LogP contribution in [0.4, 0.5) is 8.78 Å². The van der Waals surface area contributed by atoms with Gasteiger partial charge < -0.3 is 5.73 Å². The van der Waals surface area contributed by atoms with E-state index in [1.54, 1.807) is 0 Å². The molecule has 1 aromatic rings. The molecule has 0 amide bonds. The van der Waals surface area contributed by atoms with Crippen LogP contribution in [0, 0.1) is 17.0 Å². The quantitative estimate of drug-likeness (QED) is 0.497. The average molecular weight is 281 g/mol. The van der Waals surface area contributed by atoms with E-state index < -0.39 is 11.6 Å². The fraction of sp³-hybridized carbons (Fsp3) is 0.125. The van der Waals surface area contributed by atoms with Gasteiger partial charge in [0.15, 0.2) is 5.17 Å². The number of nitrogens with two attached hydrogens (primary N) is 1. The first kappa shape index (κ1) is 11.5. The molecule has 6 heteroatoms. The summed E-state index contributed by atoms with van der Waals surface area (Å²) >= 11 is 3.83. The predicted molar refractivity (Wildman–Crippen MR) is 57.3 cm³/mol. The van der Waals surface area contributed by atoms with Gasteiger partial charge in [-0.2, -0.15) is 0 Å². The van der Waals surface area contributed by atoms with Crippen molar-refractivity contribution in [2.45, 2.75) is 5.75 Å². The van der Waals surface area contributed by atoms with Crippen LogP contribution in [0.15, 0.2) is 16.6 Å². The molecule has 0 radical (unpaired) electrons. The fourth-order valence-corrected chi connectivity index (χ4v) is 1.79. The molecule has 0 aromatic heterocycles. The van der Waals surface area contributed by atoms with E-state index in [-0.39, 0.29) is 21.0 Å². The zero-order valence-electron chi connectivity index (χ0n) is 6.98. The number of hydrogen-bond acceptors (Lipinski definition) is 2. The number of thioether (sulfide) groups is 1. The van der Waals surface area contributed by atoms with Crippen molar-refractivity contribution in [1.29, 1.82) is 5.41 Å². The van der Waals surface area contributed by atoms with Crippen molar-refractivity contribution >= 4 is 32.9 Å². The van der Waals surface area contributed by atoms with Crippen LogP contribution < -0.4 is 5.73 Å². The van der Waals surface area contributed by atoms with Crippen molar-refractivity contribution in [2.75, 3.05) is 0 Å². The van der Waals surface area contributed by atoms with Crippen LogP contribution in [0.1, 0.15) is 5.56 Å². The lowest BCUT2D eigenvalue weighted by Gasteiger charge is -2.05. The molecule has 3 N–H and O–H groups in total. The van der Waals surface area contributed by atoms with Gasteiger partial charge in [0.05, 0.1) is 4.47 Å². The Bertz CT molecular complexity index is 371. The van der Waals surface area contributed by atoms with Gasteiger partial charge in [-0.15, -0.1) is 0 Å². The molecule has 0 atom stereocenters.